The van der Waals surface area contributed by atoms with Crippen LogP contribution in [-0.4, -0.2) is 48.1 Å². The molecule has 0 bridgehead atoms. The molecule has 1 rings (SSSR count). The Morgan fingerprint density at radius 3 is 2.61 bits per heavy atom. The maximum Gasteiger partial charge on any atom is 0.316 e. The van der Waals surface area contributed by atoms with Crippen molar-refractivity contribution in [1.82, 2.24) is 25.5 Å². The van der Waals surface area contributed by atoms with Crippen molar-refractivity contribution in [2.24, 2.45) is 0 Å². The smallest absolute Gasteiger partial charge is 0.316 e. The molecule has 1 aromatic rings. The lowest BCUT2D eigenvalue weighted by Gasteiger charge is -2.16. The largest absolute Gasteiger partial charge is 0.337 e. The third-order valence-electron chi connectivity index (χ3n) is 2.59. The summed E-state index contributed by atoms with van der Waals surface area (Å²) >= 11 is 0. The van der Waals surface area contributed by atoms with Gasteiger partial charge in [0.1, 0.15) is 0 Å². The van der Waals surface area contributed by atoms with Gasteiger partial charge in [-0.25, -0.2) is 4.79 Å². The molecule has 18 heavy (non-hydrogen) atoms. The second-order valence-electron chi connectivity index (χ2n) is 4.33. The maximum absolute atomic E-state index is 11.3. The minimum atomic E-state index is -0.0832. The average Bonchev–Trinajstić information content (AvgIpc) is 2.34. The molecule has 0 aromatic carbocycles. The van der Waals surface area contributed by atoms with Crippen molar-refractivity contribution in [2.75, 3.05) is 27.2 Å². The van der Waals surface area contributed by atoms with Gasteiger partial charge in [-0.2, -0.15) is 0 Å². The predicted molar refractivity (Wildman–Crippen MR) is 70.3 cm³/mol. The van der Waals surface area contributed by atoms with Gasteiger partial charge in [0.25, 0.3) is 0 Å². The molecule has 100 valence electrons. The Hall–Kier alpha value is -1.69. The standard InChI is InChI=1S/C12H21N5O/c1-9-11(15-7-5-13-9)10(2)14-6-8-16-12(18)17(3)4/h5,7,10,14H,6,8H2,1-4H3,(H,16,18). The lowest BCUT2D eigenvalue weighted by molar-refractivity contribution is 0.217. The summed E-state index contributed by atoms with van der Waals surface area (Å²) in [5.41, 5.74) is 1.87. The Morgan fingerprint density at radius 2 is 2.00 bits per heavy atom. The van der Waals surface area contributed by atoms with Crippen LogP contribution in [0.1, 0.15) is 24.4 Å². The number of aryl methyl sites for hydroxylation is 1. The molecule has 2 amide bonds. The van der Waals surface area contributed by atoms with E-state index in [-0.39, 0.29) is 12.1 Å². The molecule has 2 N–H and O–H groups in total. The van der Waals surface area contributed by atoms with E-state index in [0.29, 0.717) is 13.1 Å². The first-order chi connectivity index (χ1) is 8.52. The minimum absolute atomic E-state index is 0.0832. The van der Waals surface area contributed by atoms with Crippen LogP contribution < -0.4 is 10.6 Å². The van der Waals surface area contributed by atoms with Crippen LogP contribution in [-0.2, 0) is 0 Å². The molecule has 0 aliphatic heterocycles. The summed E-state index contributed by atoms with van der Waals surface area (Å²) in [6.07, 6.45) is 3.37. The zero-order chi connectivity index (χ0) is 13.5. The van der Waals surface area contributed by atoms with Crippen molar-refractivity contribution in [2.45, 2.75) is 19.9 Å². The number of aromatic nitrogens is 2. The van der Waals surface area contributed by atoms with Crippen LogP contribution in [0.3, 0.4) is 0 Å². The van der Waals surface area contributed by atoms with Crippen molar-refractivity contribution in [3.05, 3.63) is 23.8 Å². The van der Waals surface area contributed by atoms with E-state index < -0.39 is 0 Å². The number of carbonyl (C=O) groups excluding carboxylic acids is 1. The van der Waals surface area contributed by atoms with E-state index in [1.165, 1.54) is 4.90 Å². The highest BCUT2D eigenvalue weighted by Crippen LogP contribution is 2.10. The van der Waals surface area contributed by atoms with Gasteiger partial charge in [0.05, 0.1) is 11.4 Å². The van der Waals surface area contributed by atoms with Crippen molar-refractivity contribution in [3.63, 3.8) is 0 Å². The first-order valence-electron chi connectivity index (χ1n) is 5.98. The molecule has 1 aromatic heterocycles. The van der Waals surface area contributed by atoms with Crippen molar-refractivity contribution >= 4 is 6.03 Å². The number of rotatable bonds is 5. The highest BCUT2D eigenvalue weighted by molar-refractivity contribution is 5.73. The number of amides is 2. The minimum Gasteiger partial charge on any atom is -0.337 e. The molecule has 6 heteroatoms. The van der Waals surface area contributed by atoms with Crippen molar-refractivity contribution < 1.29 is 4.79 Å². The lowest BCUT2D eigenvalue weighted by Crippen LogP contribution is -2.39. The molecular formula is C12H21N5O. The molecule has 0 aliphatic carbocycles. The summed E-state index contributed by atoms with van der Waals surface area (Å²) in [7, 11) is 3.43. The van der Waals surface area contributed by atoms with Crippen LogP contribution in [0.15, 0.2) is 12.4 Å². The van der Waals surface area contributed by atoms with Crippen LogP contribution >= 0.6 is 0 Å². The first-order valence-corrected chi connectivity index (χ1v) is 5.98. The van der Waals surface area contributed by atoms with Gasteiger partial charge in [0.2, 0.25) is 0 Å². The number of hydrogen-bond donors (Lipinski definition) is 2. The Kier molecular flexibility index (Phi) is 5.51. The second-order valence-corrected chi connectivity index (χ2v) is 4.33. The summed E-state index contributed by atoms with van der Waals surface area (Å²) in [5, 5.41) is 6.09. The molecule has 6 nitrogen and oxygen atoms in total. The van der Waals surface area contributed by atoms with Crippen LogP contribution in [0, 0.1) is 6.92 Å². The van der Waals surface area contributed by atoms with Gasteiger partial charge >= 0.3 is 6.03 Å². The van der Waals surface area contributed by atoms with E-state index in [4.69, 9.17) is 0 Å². The summed E-state index contributed by atoms with van der Waals surface area (Å²) in [6, 6.07) is 0.0371. The van der Waals surface area contributed by atoms with Gasteiger partial charge in [-0.3, -0.25) is 9.97 Å². The quantitative estimate of drug-likeness (QED) is 0.756. The molecule has 0 spiro atoms. The fourth-order valence-electron chi connectivity index (χ4n) is 1.56. The van der Waals surface area contributed by atoms with Gasteiger partial charge < -0.3 is 15.5 Å². The van der Waals surface area contributed by atoms with Crippen molar-refractivity contribution in [1.29, 1.82) is 0 Å². The van der Waals surface area contributed by atoms with Gasteiger partial charge in [-0.1, -0.05) is 0 Å². The molecule has 1 unspecified atom stereocenters. The van der Waals surface area contributed by atoms with E-state index in [0.717, 1.165) is 11.4 Å². The summed E-state index contributed by atoms with van der Waals surface area (Å²) in [5.74, 6) is 0. The van der Waals surface area contributed by atoms with E-state index in [9.17, 15) is 4.79 Å². The zero-order valence-corrected chi connectivity index (χ0v) is 11.4. The third-order valence-corrected chi connectivity index (χ3v) is 2.59. The first kappa shape index (κ1) is 14.4. The average molecular weight is 251 g/mol. The fourth-order valence-corrected chi connectivity index (χ4v) is 1.56. The fraction of sp³-hybridized carbons (Fsp3) is 0.583. The number of hydrogen-bond acceptors (Lipinski definition) is 4. The second kappa shape index (κ2) is 6.90. The summed E-state index contributed by atoms with van der Waals surface area (Å²) in [6.45, 7) is 5.25. The van der Waals surface area contributed by atoms with E-state index in [1.807, 2.05) is 13.8 Å². The molecule has 0 fully saturated rings. The Labute approximate surface area is 108 Å². The van der Waals surface area contributed by atoms with Gasteiger partial charge in [0.15, 0.2) is 0 Å². The number of nitrogens with zero attached hydrogens (tertiary/aromatic N) is 3. The third kappa shape index (κ3) is 4.29. The summed E-state index contributed by atoms with van der Waals surface area (Å²) < 4.78 is 0. The van der Waals surface area contributed by atoms with Gasteiger partial charge in [-0.05, 0) is 13.8 Å². The van der Waals surface area contributed by atoms with E-state index >= 15 is 0 Å². The van der Waals surface area contributed by atoms with Crippen LogP contribution in [0.25, 0.3) is 0 Å². The molecule has 1 heterocycles. The van der Waals surface area contributed by atoms with Crippen LogP contribution in [0.4, 0.5) is 4.79 Å². The zero-order valence-electron chi connectivity index (χ0n) is 11.4. The topological polar surface area (TPSA) is 70.1 Å². The monoisotopic (exact) mass is 251 g/mol. The van der Waals surface area contributed by atoms with Crippen molar-refractivity contribution in [3.8, 4) is 0 Å². The van der Waals surface area contributed by atoms with Crippen LogP contribution in [0.5, 0.6) is 0 Å². The Bertz CT molecular complexity index is 394. The van der Waals surface area contributed by atoms with Gasteiger partial charge in [-0.15, -0.1) is 0 Å². The lowest BCUT2D eigenvalue weighted by atomic mass is 10.2. The number of urea groups is 1. The molecule has 0 saturated heterocycles. The normalized spacial score (nSPS) is 12.0. The Balaban J connectivity index is 2.32. The molecule has 1 atom stereocenters. The van der Waals surface area contributed by atoms with Gasteiger partial charge in [0, 0.05) is 45.6 Å². The SMILES string of the molecule is Cc1nccnc1C(C)NCCNC(=O)N(C)C. The van der Waals surface area contributed by atoms with Crippen LogP contribution in [0.2, 0.25) is 0 Å². The number of nitrogens with one attached hydrogen (secondary N) is 2. The van der Waals surface area contributed by atoms with E-state index in [2.05, 4.69) is 20.6 Å². The maximum atomic E-state index is 11.3. The highest BCUT2D eigenvalue weighted by atomic mass is 16.2. The molecular weight excluding hydrogens is 230 g/mol. The predicted octanol–water partition coefficient (Wildman–Crippen LogP) is 0.707. The summed E-state index contributed by atoms with van der Waals surface area (Å²) in [4.78, 5) is 21.3. The Morgan fingerprint density at radius 1 is 1.33 bits per heavy atom. The number of carbonyl (C=O) groups is 1. The van der Waals surface area contributed by atoms with E-state index in [1.54, 1.807) is 26.5 Å². The molecule has 0 aliphatic rings. The highest BCUT2D eigenvalue weighted by Gasteiger charge is 2.09. The molecule has 0 saturated carbocycles. The molecule has 0 radical (unpaired) electrons.